The summed E-state index contributed by atoms with van der Waals surface area (Å²) in [6.07, 6.45) is 0.921. The fourth-order valence-corrected chi connectivity index (χ4v) is 3.50. The normalized spacial score (nSPS) is 13.0. The molecule has 1 aliphatic heterocycles. The third-order valence-electron chi connectivity index (χ3n) is 3.93. The van der Waals surface area contributed by atoms with Crippen LogP contribution in [0, 0.1) is 0 Å². The summed E-state index contributed by atoms with van der Waals surface area (Å²) >= 11 is 16.0. The lowest BCUT2D eigenvalue weighted by Crippen LogP contribution is -2.04. The molecule has 0 aliphatic carbocycles. The van der Waals surface area contributed by atoms with E-state index in [-0.39, 0.29) is 0 Å². The summed E-state index contributed by atoms with van der Waals surface area (Å²) in [5.74, 6) is 1.03. The number of fused-ring (bicyclic) bond motifs is 1. The Morgan fingerprint density at radius 3 is 2.65 bits per heavy atom. The zero-order valence-electron chi connectivity index (χ0n) is 12.0. The zero-order chi connectivity index (χ0) is 16.0. The number of halogens is 3. The van der Waals surface area contributed by atoms with Gasteiger partial charge in [0, 0.05) is 22.1 Å². The van der Waals surface area contributed by atoms with Crippen LogP contribution in [0.2, 0.25) is 10.0 Å². The summed E-state index contributed by atoms with van der Waals surface area (Å²) in [5.41, 5.74) is 3.94. The van der Waals surface area contributed by atoms with Crippen molar-refractivity contribution < 1.29 is 0 Å². The second kappa shape index (κ2) is 5.86. The highest BCUT2D eigenvalue weighted by Gasteiger charge is 2.25. The van der Waals surface area contributed by atoms with Gasteiger partial charge in [-0.3, -0.25) is 0 Å². The Bertz CT molecular complexity index is 888. The molecule has 0 spiro atoms. The van der Waals surface area contributed by atoms with E-state index in [0.717, 1.165) is 40.2 Å². The average Bonchev–Trinajstić information content (AvgIpc) is 3.14. The van der Waals surface area contributed by atoms with Crippen LogP contribution >= 0.6 is 39.1 Å². The molecule has 6 heteroatoms. The first-order valence-electron chi connectivity index (χ1n) is 7.21. The van der Waals surface area contributed by atoms with E-state index < -0.39 is 0 Å². The summed E-state index contributed by atoms with van der Waals surface area (Å²) < 4.78 is 2.97. The van der Waals surface area contributed by atoms with Gasteiger partial charge in [-0.15, -0.1) is 0 Å². The largest absolute Gasteiger partial charge is 0.369 e. The molecule has 23 heavy (non-hydrogen) atoms. The number of anilines is 1. The molecule has 0 fully saturated rings. The number of rotatable bonds is 2. The third-order valence-corrected chi connectivity index (χ3v) is 5.28. The number of aromatic nitrogens is 2. The Balaban J connectivity index is 1.91. The van der Waals surface area contributed by atoms with Crippen LogP contribution in [0.25, 0.3) is 16.9 Å². The number of benzene rings is 2. The van der Waals surface area contributed by atoms with E-state index in [1.165, 1.54) is 5.56 Å². The molecule has 1 aliphatic rings. The van der Waals surface area contributed by atoms with Crippen molar-refractivity contribution in [2.75, 3.05) is 11.9 Å². The molecule has 0 saturated heterocycles. The molecule has 0 radical (unpaired) electrons. The highest BCUT2D eigenvalue weighted by molar-refractivity contribution is 9.10. The van der Waals surface area contributed by atoms with Crippen LogP contribution in [-0.4, -0.2) is 16.3 Å². The van der Waals surface area contributed by atoms with Gasteiger partial charge >= 0.3 is 0 Å². The Morgan fingerprint density at radius 2 is 1.87 bits per heavy atom. The second-order valence-corrected chi connectivity index (χ2v) is 7.04. The van der Waals surface area contributed by atoms with E-state index in [1.54, 1.807) is 6.07 Å². The Hall–Kier alpha value is -1.49. The minimum Gasteiger partial charge on any atom is -0.369 e. The predicted molar refractivity (Wildman–Crippen MR) is 98.9 cm³/mol. The van der Waals surface area contributed by atoms with Crippen LogP contribution in [0.3, 0.4) is 0 Å². The van der Waals surface area contributed by atoms with Crippen molar-refractivity contribution >= 4 is 44.9 Å². The summed E-state index contributed by atoms with van der Waals surface area (Å²) in [6, 6.07) is 13.7. The van der Waals surface area contributed by atoms with Crippen molar-refractivity contribution in [3.8, 4) is 16.9 Å². The van der Waals surface area contributed by atoms with Gasteiger partial charge in [0.05, 0.1) is 21.4 Å². The van der Waals surface area contributed by atoms with Crippen molar-refractivity contribution in [1.29, 1.82) is 0 Å². The molecule has 4 rings (SSSR count). The van der Waals surface area contributed by atoms with Gasteiger partial charge in [0.25, 0.3) is 0 Å². The average molecular weight is 409 g/mol. The monoisotopic (exact) mass is 407 g/mol. The van der Waals surface area contributed by atoms with Crippen molar-refractivity contribution in [1.82, 2.24) is 9.78 Å². The first-order valence-corrected chi connectivity index (χ1v) is 8.76. The molecular weight excluding hydrogens is 397 g/mol. The van der Waals surface area contributed by atoms with Crippen LogP contribution in [0.1, 0.15) is 5.56 Å². The minimum absolute atomic E-state index is 0.544. The lowest BCUT2D eigenvalue weighted by molar-refractivity contribution is 0.882. The second-order valence-electron chi connectivity index (χ2n) is 5.34. The maximum absolute atomic E-state index is 6.40. The van der Waals surface area contributed by atoms with Gasteiger partial charge in [0.2, 0.25) is 0 Å². The summed E-state index contributed by atoms with van der Waals surface area (Å²) in [4.78, 5) is 0. The Labute approximate surface area is 152 Å². The summed E-state index contributed by atoms with van der Waals surface area (Å²) in [7, 11) is 0. The van der Waals surface area contributed by atoms with Crippen LogP contribution < -0.4 is 5.32 Å². The summed E-state index contributed by atoms with van der Waals surface area (Å²) in [6.45, 7) is 0.898. The standard InChI is InChI=1S/C17H12BrCl2N3/c18-10-4-6-11(7-5-10)23-17-13(8-9-21-17)16(22-23)12-2-1-3-14(19)15(12)20/h1-7,21H,8-9H2. The number of nitrogens with one attached hydrogen (secondary N) is 1. The number of hydrogen-bond donors (Lipinski definition) is 1. The highest BCUT2D eigenvalue weighted by Crippen LogP contribution is 2.39. The van der Waals surface area contributed by atoms with Gasteiger partial charge < -0.3 is 5.32 Å². The lowest BCUT2D eigenvalue weighted by Gasteiger charge is -2.07. The molecule has 0 amide bonds. The quantitative estimate of drug-likeness (QED) is 0.600. The first-order chi connectivity index (χ1) is 11.1. The van der Waals surface area contributed by atoms with Crippen LogP contribution in [0.4, 0.5) is 5.82 Å². The maximum atomic E-state index is 6.40. The van der Waals surface area contributed by atoms with Crippen molar-refractivity contribution in [3.05, 3.63) is 62.5 Å². The van der Waals surface area contributed by atoms with Crippen LogP contribution in [-0.2, 0) is 6.42 Å². The molecule has 0 saturated carbocycles. The smallest absolute Gasteiger partial charge is 0.133 e. The Kier molecular flexibility index (Phi) is 3.84. The molecule has 1 aromatic heterocycles. The minimum atomic E-state index is 0.544. The number of nitrogens with zero attached hydrogens (tertiary/aromatic N) is 2. The lowest BCUT2D eigenvalue weighted by atomic mass is 10.1. The van der Waals surface area contributed by atoms with Crippen molar-refractivity contribution in [2.24, 2.45) is 0 Å². The van der Waals surface area contributed by atoms with Gasteiger partial charge in [-0.1, -0.05) is 51.3 Å². The van der Waals surface area contributed by atoms with E-state index in [1.807, 2.05) is 41.1 Å². The predicted octanol–water partition coefficient (Wildman–Crippen LogP) is 5.58. The molecule has 0 unspecified atom stereocenters. The topological polar surface area (TPSA) is 29.9 Å². The first kappa shape index (κ1) is 15.1. The van der Waals surface area contributed by atoms with Gasteiger partial charge in [-0.05, 0) is 36.8 Å². The van der Waals surface area contributed by atoms with E-state index in [4.69, 9.17) is 28.3 Å². The van der Waals surface area contributed by atoms with Crippen molar-refractivity contribution in [2.45, 2.75) is 6.42 Å². The van der Waals surface area contributed by atoms with Gasteiger partial charge in [-0.2, -0.15) is 5.10 Å². The van der Waals surface area contributed by atoms with E-state index in [9.17, 15) is 0 Å². The highest BCUT2D eigenvalue weighted by atomic mass is 79.9. The van der Waals surface area contributed by atoms with E-state index in [2.05, 4.69) is 21.2 Å². The van der Waals surface area contributed by atoms with Crippen molar-refractivity contribution in [3.63, 3.8) is 0 Å². The van der Waals surface area contributed by atoms with Gasteiger partial charge in [-0.25, -0.2) is 4.68 Å². The Morgan fingerprint density at radius 1 is 1.09 bits per heavy atom. The fraction of sp³-hybridized carbons (Fsp3) is 0.118. The maximum Gasteiger partial charge on any atom is 0.133 e. The van der Waals surface area contributed by atoms with Crippen LogP contribution in [0.5, 0.6) is 0 Å². The molecular formula is C17H12BrCl2N3. The molecule has 3 aromatic rings. The van der Waals surface area contributed by atoms with E-state index >= 15 is 0 Å². The molecule has 2 heterocycles. The fourth-order valence-electron chi connectivity index (χ4n) is 2.85. The zero-order valence-corrected chi connectivity index (χ0v) is 15.1. The molecule has 2 aromatic carbocycles. The van der Waals surface area contributed by atoms with E-state index in [0.29, 0.717) is 10.0 Å². The molecule has 0 bridgehead atoms. The third kappa shape index (κ3) is 2.55. The SMILES string of the molecule is Clc1cccc(-c2nn(-c3ccc(Br)cc3)c3c2CCN3)c1Cl. The molecule has 3 nitrogen and oxygen atoms in total. The molecule has 116 valence electrons. The van der Waals surface area contributed by atoms with Gasteiger partial charge in [0.15, 0.2) is 0 Å². The molecule has 1 N–H and O–H groups in total. The van der Waals surface area contributed by atoms with Crippen LogP contribution in [0.15, 0.2) is 46.9 Å². The van der Waals surface area contributed by atoms with Gasteiger partial charge in [0.1, 0.15) is 5.82 Å². The summed E-state index contributed by atoms with van der Waals surface area (Å²) in [5, 5.41) is 9.31. The number of hydrogen-bond acceptors (Lipinski definition) is 2. The molecule has 0 atom stereocenters.